The summed E-state index contributed by atoms with van der Waals surface area (Å²) >= 11 is 0. The Morgan fingerprint density at radius 2 is 1.57 bits per heavy atom. The first-order valence-corrected chi connectivity index (χ1v) is 6.29. The number of carboxylic acids is 1. The molecular formula is C14H13F3O6. The van der Waals surface area contributed by atoms with Gasteiger partial charge in [-0.2, -0.15) is 0 Å². The van der Waals surface area contributed by atoms with Crippen molar-refractivity contribution in [3.05, 3.63) is 35.1 Å². The van der Waals surface area contributed by atoms with Gasteiger partial charge in [0, 0.05) is 25.5 Å². The maximum Gasteiger partial charge on any atom is 0.320 e. The van der Waals surface area contributed by atoms with Crippen molar-refractivity contribution in [3.63, 3.8) is 0 Å². The largest absolute Gasteiger partial charge is 0.481 e. The molecule has 9 heteroatoms. The number of carbonyl (C=O) groups is 3. The first-order valence-electron chi connectivity index (χ1n) is 6.29. The van der Waals surface area contributed by atoms with E-state index in [1.54, 1.807) is 0 Å². The second kappa shape index (κ2) is 7.12. The first-order chi connectivity index (χ1) is 10.5. The summed E-state index contributed by atoms with van der Waals surface area (Å²) in [6.07, 6.45) is -0.938. The lowest BCUT2D eigenvalue weighted by molar-refractivity contribution is -0.231. The van der Waals surface area contributed by atoms with Crippen LogP contribution in [0, 0.1) is 17.5 Å². The van der Waals surface area contributed by atoms with Crippen LogP contribution in [0.3, 0.4) is 0 Å². The molecule has 6 nitrogen and oxygen atoms in total. The van der Waals surface area contributed by atoms with Crippen molar-refractivity contribution in [2.24, 2.45) is 0 Å². The second-order valence-corrected chi connectivity index (χ2v) is 4.95. The van der Waals surface area contributed by atoms with Crippen LogP contribution in [-0.2, 0) is 30.3 Å². The van der Waals surface area contributed by atoms with E-state index in [9.17, 15) is 27.6 Å². The van der Waals surface area contributed by atoms with E-state index in [1.807, 2.05) is 0 Å². The highest BCUT2D eigenvalue weighted by Gasteiger charge is 2.34. The minimum absolute atomic E-state index is 0.274. The monoisotopic (exact) mass is 334 g/mol. The number of carboxylic acid groups (broad SMARTS) is 1. The fourth-order valence-electron chi connectivity index (χ4n) is 1.62. The molecule has 126 valence electrons. The van der Waals surface area contributed by atoms with Crippen molar-refractivity contribution in [3.8, 4) is 0 Å². The summed E-state index contributed by atoms with van der Waals surface area (Å²) < 4.78 is 46.9. The average molecular weight is 334 g/mol. The van der Waals surface area contributed by atoms with E-state index < -0.39 is 47.6 Å². The standard InChI is InChI=1S/C8H5F3O2.C6H8O4/c9-5-3-7(11)6(10)1-4(5)2-8(12)13;1-6(2)9-4(7)3-5(8)10-6/h1,3H,2H2,(H,12,13);3H2,1-2H3. The molecule has 1 aromatic carbocycles. The van der Waals surface area contributed by atoms with E-state index in [0.29, 0.717) is 12.1 Å². The number of carbonyl (C=O) groups excluding carboxylic acids is 2. The van der Waals surface area contributed by atoms with Crippen LogP contribution in [0.4, 0.5) is 13.2 Å². The van der Waals surface area contributed by atoms with E-state index in [1.165, 1.54) is 13.8 Å². The van der Waals surface area contributed by atoms with E-state index >= 15 is 0 Å². The third kappa shape index (κ3) is 5.97. The van der Waals surface area contributed by atoms with Crippen LogP contribution >= 0.6 is 0 Å². The van der Waals surface area contributed by atoms with Crippen molar-refractivity contribution < 1.29 is 42.1 Å². The van der Waals surface area contributed by atoms with Gasteiger partial charge in [-0.05, 0) is 6.07 Å². The van der Waals surface area contributed by atoms with E-state index in [4.69, 9.17) is 5.11 Å². The Hall–Kier alpha value is -2.58. The predicted molar refractivity (Wildman–Crippen MR) is 68.5 cm³/mol. The number of halogens is 3. The van der Waals surface area contributed by atoms with Gasteiger partial charge in [0.25, 0.3) is 5.79 Å². The van der Waals surface area contributed by atoms with Gasteiger partial charge >= 0.3 is 17.9 Å². The highest BCUT2D eigenvalue weighted by atomic mass is 19.2. The number of cyclic esters (lactones) is 2. The van der Waals surface area contributed by atoms with Gasteiger partial charge in [-0.25, -0.2) is 13.2 Å². The minimum atomic E-state index is -1.33. The summed E-state index contributed by atoms with van der Waals surface area (Å²) in [4.78, 5) is 31.3. The van der Waals surface area contributed by atoms with Gasteiger partial charge in [0.15, 0.2) is 11.6 Å². The SMILES string of the molecule is CC1(C)OC(=O)CC(=O)O1.O=C(O)Cc1cc(F)c(F)cc1F. The van der Waals surface area contributed by atoms with Crippen LogP contribution in [0.2, 0.25) is 0 Å². The average Bonchev–Trinajstić information content (AvgIpc) is 2.33. The normalized spacial score (nSPS) is 15.9. The van der Waals surface area contributed by atoms with Crippen LogP contribution in [0.5, 0.6) is 0 Å². The second-order valence-electron chi connectivity index (χ2n) is 4.95. The Balaban J connectivity index is 0.000000238. The Morgan fingerprint density at radius 3 is 2.00 bits per heavy atom. The Bertz CT molecular complexity index is 624. The minimum Gasteiger partial charge on any atom is -0.481 e. The van der Waals surface area contributed by atoms with Gasteiger partial charge < -0.3 is 14.6 Å². The van der Waals surface area contributed by atoms with Crippen LogP contribution < -0.4 is 0 Å². The smallest absolute Gasteiger partial charge is 0.320 e. The molecule has 1 aliphatic rings. The number of rotatable bonds is 2. The molecular weight excluding hydrogens is 321 g/mol. The number of ether oxygens (including phenoxy) is 2. The lowest BCUT2D eigenvalue weighted by atomic mass is 10.1. The van der Waals surface area contributed by atoms with E-state index in [-0.39, 0.29) is 12.0 Å². The highest BCUT2D eigenvalue weighted by molar-refractivity contribution is 5.92. The Morgan fingerprint density at radius 1 is 1.09 bits per heavy atom. The summed E-state index contributed by atoms with van der Waals surface area (Å²) in [5.74, 6) is -7.06. The molecule has 0 aromatic heterocycles. The summed E-state index contributed by atoms with van der Waals surface area (Å²) in [5.41, 5.74) is -0.369. The fraction of sp³-hybridized carbons (Fsp3) is 0.357. The molecule has 1 aliphatic heterocycles. The zero-order chi connectivity index (χ0) is 17.8. The molecule has 0 radical (unpaired) electrons. The zero-order valence-electron chi connectivity index (χ0n) is 12.2. The maximum absolute atomic E-state index is 12.7. The molecule has 1 saturated heterocycles. The number of aliphatic carboxylic acids is 1. The van der Waals surface area contributed by atoms with Gasteiger partial charge in [-0.15, -0.1) is 0 Å². The Kier molecular flexibility index (Phi) is 5.72. The van der Waals surface area contributed by atoms with Crippen molar-refractivity contribution in [1.82, 2.24) is 0 Å². The summed E-state index contributed by atoms with van der Waals surface area (Å²) in [6.45, 7) is 3.03. The number of hydrogen-bond acceptors (Lipinski definition) is 5. The maximum atomic E-state index is 12.7. The van der Waals surface area contributed by atoms with E-state index in [2.05, 4.69) is 9.47 Å². The zero-order valence-corrected chi connectivity index (χ0v) is 12.2. The van der Waals surface area contributed by atoms with Crippen molar-refractivity contribution in [2.75, 3.05) is 0 Å². The molecule has 0 bridgehead atoms. The fourth-order valence-corrected chi connectivity index (χ4v) is 1.62. The number of esters is 2. The van der Waals surface area contributed by atoms with Crippen molar-refractivity contribution >= 4 is 17.9 Å². The number of hydrogen-bond donors (Lipinski definition) is 1. The lowest BCUT2D eigenvalue weighted by Crippen LogP contribution is -2.39. The topological polar surface area (TPSA) is 89.9 Å². The third-order valence-corrected chi connectivity index (χ3v) is 2.44. The molecule has 0 amide bonds. The highest BCUT2D eigenvalue weighted by Crippen LogP contribution is 2.18. The molecule has 2 rings (SSSR count). The van der Waals surface area contributed by atoms with Crippen LogP contribution in [0.25, 0.3) is 0 Å². The molecule has 0 aliphatic carbocycles. The molecule has 1 fully saturated rings. The molecule has 0 saturated carbocycles. The van der Waals surface area contributed by atoms with Gasteiger partial charge in [0.2, 0.25) is 0 Å². The predicted octanol–water partition coefficient (Wildman–Crippen LogP) is 1.94. The Labute approximate surface area is 128 Å². The van der Waals surface area contributed by atoms with Gasteiger partial charge in [0.05, 0.1) is 6.42 Å². The molecule has 1 aromatic rings. The summed E-state index contributed by atoms with van der Waals surface area (Å²) in [7, 11) is 0. The summed E-state index contributed by atoms with van der Waals surface area (Å²) in [6, 6.07) is 0.867. The van der Waals surface area contributed by atoms with E-state index in [0.717, 1.165) is 0 Å². The van der Waals surface area contributed by atoms with Crippen LogP contribution in [0.15, 0.2) is 12.1 Å². The molecule has 0 unspecified atom stereocenters. The molecule has 0 spiro atoms. The van der Waals surface area contributed by atoms with Gasteiger partial charge in [-0.1, -0.05) is 0 Å². The first kappa shape index (κ1) is 18.5. The molecule has 1 N–H and O–H groups in total. The van der Waals surface area contributed by atoms with Crippen LogP contribution in [-0.4, -0.2) is 28.8 Å². The van der Waals surface area contributed by atoms with Gasteiger partial charge in [0.1, 0.15) is 12.2 Å². The molecule has 23 heavy (non-hydrogen) atoms. The number of benzene rings is 1. The van der Waals surface area contributed by atoms with Gasteiger partial charge in [-0.3, -0.25) is 14.4 Å². The lowest BCUT2D eigenvalue weighted by Gasteiger charge is -2.28. The van der Waals surface area contributed by atoms with Crippen LogP contribution in [0.1, 0.15) is 25.8 Å². The molecule has 1 heterocycles. The third-order valence-electron chi connectivity index (χ3n) is 2.44. The van der Waals surface area contributed by atoms with Crippen molar-refractivity contribution in [2.45, 2.75) is 32.5 Å². The quantitative estimate of drug-likeness (QED) is 0.505. The summed E-state index contributed by atoms with van der Waals surface area (Å²) in [5, 5.41) is 8.27. The molecule has 0 atom stereocenters. The van der Waals surface area contributed by atoms with Crippen molar-refractivity contribution in [1.29, 1.82) is 0 Å².